The van der Waals surface area contributed by atoms with Gasteiger partial charge in [-0.15, -0.1) is 11.8 Å². The number of benzene rings is 2. The summed E-state index contributed by atoms with van der Waals surface area (Å²) in [7, 11) is 0. The molecular weight excluding hydrogens is 394 g/mol. The second-order valence-electron chi connectivity index (χ2n) is 8.83. The Hall–Kier alpha value is -2.14. The van der Waals surface area contributed by atoms with Crippen LogP contribution in [0.15, 0.2) is 53.4 Å². The maximum absolute atomic E-state index is 11.5. The van der Waals surface area contributed by atoms with E-state index in [9.17, 15) is 4.79 Å². The van der Waals surface area contributed by atoms with Crippen LogP contribution < -0.4 is 4.74 Å². The highest BCUT2D eigenvalue weighted by Crippen LogP contribution is 2.45. The molecule has 162 valence electrons. The predicted octanol–water partition coefficient (Wildman–Crippen LogP) is 6.35. The molecule has 0 radical (unpaired) electrons. The molecular formula is C25H33NO3S. The molecule has 0 aromatic heterocycles. The Bertz CT molecular complexity index is 817. The summed E-state index contributed by atoms with van der Waals surface area (Å²) in [6, 6.07) is 16.8. The molecule has 0 N–H and O–H groups in total. The number of likely N-dealkylation sites (tertiary alicyclic amines) is 1. The van der Waals surface area contributed by atoms with E-state index < -0.39 is 0 Å². The van der Waals surface area contributed by atoms with Gasteiger partial charge in [-0.05, 0) is 87.6 Å². The van der Waals surface area contributed by atoms with E-state index in [4.69, 9.17) is 9.47 Å². The fraction of sp³-hybridized carbons (Fsp3) is 0.480. The molecule has 2 fully saturated rings. The average molecular weight is 428 g/mol. The van der Waals surface area contributed by atoms with Crippen LogP contribution in [-0.2, 0) is 4.74 Å². The SMILES string of the molecule is CC(C)(C)OC(=O)N1CC2CC2C1.CCOc1ccc(-c2ccc(SC)cc2)cc1. The maximum Gasteiger partial charge on any atom is 0.410 e. The van der Waals surface area contributed by atoms with Gasteiger partial charge in [0.15, 0.2) is 0 Å². The summed E-state index contributed by atoms with van der Waals surface area (Å²) in [4.78, 5) is 14.7. The fourth-order valence-electron chi connectivity index (χ4n) is 3.57. The van der Waals surface area contributed by atoms with E-state index in [1.807, 2.05) is 44.7 Å². The number of ether oxygens (including phenoxy) is 2. The van der Waals surface area contributed by atoms with Crippen LogP contribution in [0.1, 0.15) is 34.1 Å². The zero-order valence-corrected chi connectivity index (χ0v) is 19.5. The first-order valence-electron chi connectivity index (χ1n) is 10.6. The van der Waals surface area contributed by atoms with Gasteiger partial charge in [-0.25, -0.2) is 4.79 Å². The second-order valence-corrected chi connectivity index (χ2v) is 9.71. The van der Waals surface area contributed by atoms with E-state index >= 15 is 0 Å². The number of carbonyl (C=O) groups excluding carboxylic acids is 1. The minimum Gasteiger partial charge on any atom is -0.494 e. The van der Waals surface area contributed by atoms with E-state index in [2.05, 4.69) is 42.7 Å². The number of carbonyl (C=O) groups is 1. The number of amides is 1. The summed E-state index contributed by atoms with van der Waals surface area (Å²) in [6.07, 6.45) is 3.27. The van der Waals surface area contributed by atoms with Gasteiger partial charge in [0.1, 0.15) is 11.4 Å². The van der Waals surface area contributed by atoms with Crippen LogP contribution in [0.3, 0.4) is 0 Å². The highest BCUT2D eigenvalue weighted by atomic mass is 32.2. The molecule has 2 aromatic carbocycles. The third-order valence-electron chi connectivity index (χ3n) is 5.22. The van der Waals surface area contributed by atoms with E-state index in [0.717, 1.165) is 30.7 Å². The van der Waals surface area contributed by atoms with Gasteiger partial charge >= 0.3 is 6.09 Å². The maximum atomic E-state index is 11.5. The lowest BCUT2D eigenvalue weighted by Crippen LogP contribution is -2.36. The van der Waals surface area contributed by atoms with Crippen molar-refractivity contribution in [2.75, 3.05) is 26.0 Å². The Morgan fingerprint density at radius 1 is 1.00 bits per heavy atom. The quantitative estimate of drug-likeness (QED) is 0.533. The third-order valence-corrected chi connectivity index (χ3v) is 5.96. The van der Waals surface area contributed by atoms with Crippen LogP contribution in [0.4, 0.5) is 4.79 Å². The molecule has 2 aliphatic rings. The summed E-state index contributed by atoms with van der Waals surface area (Å²) in [6.45, 7) is 10.3. The van der Waals surface area contributed by atoms with Crippen LogP contribution in [0.25, 0.3) is 11.1 Å². The van der Waals surface area contributed by atoms with Crippen LogP contribution in [0, 0.1) is 11.8 Å². The van der Waals surface area contributed by atoms with Gasteiger partial charge < -0.3 is 14.4 Å². The number of thioether (sulfide) groups is 1. The molecule has 5 heteroatoms. The zero-order valence-electron chi connectivity index (χ0n) is 18.7. The molecule has 1 aliphatic heterocycles. The molecule has 4 rings (SSSR count). The van der Waals surface area contributed by atoms with Crippen molar-refractivity contribution in [2.24, 2.45) is 11.8 Å². The lowest BCUT2D eigenvalue weighted by Gasteiger charge is -2.25. The summed E-state index contributed by atoms with van der Waals surface area (Å²) in [5, 5.41) is 0. The highest BCUT2D eigenvalue weighted by molar-refractivity contribution is 7.98. The number of fused-ring (bicyclic) bond motifs is 1. The minimum absolute atomic E-state index is 0.139. The molecule has 1 aliphatic carbocycles. The van der Waals surface area contributed by atoms with Gasteiger partial charge in [-0.3, -0.25) is 0 Å². The van der Waals surface area contributed by atoms with Crippen molar-refractivity contribution >= 4 is 17.9 Å². The van der Waals surface area contributed by atoms with Crippen molar-refractivity contribution in [1.29, 1.82) is 0 Å². The van der Waals surface area contributed by atoms with Gasteiger partial charge in [-0.2, -0.15) is 0 Å². The van der Waals surface area contributed by atoms with Crippen LogP contribution in [-0.4, -0.2) is 42.5 Å². The van der Waals surface area contributed by atoms with Crippen molar-refractivity contribution in [3.8, 4) is 16.9 Å². The first-order valence-corrected chi connectivity index (χ1v) is 11.9. The number of rotatable bonds is 4. The van der Waals surface area contributed by atoms with Crippen LogP contribution >= 0.6 is 11.8 Å². The Balaban J connectivity index is 0.000000177. The van der Waals surface area contributed by atoms with Gasteiger partial charge in [0.05, 0.1) is 6.61 Å². The molecule has 4 nitrogen and oxygen atoms in total. The normalized spacial score (nSPS) is 19.4. The smallest absolute Gasteiger partial charge is 0.410 e. The molecule has 1 heterocycles. The lowest BCUT2D eigenvalue weighted by atomic mass is 10.1. The van der Waals surface area contributed by atoms with Crippen molar-refractivity contribution in [2.45, 2.75) is 44.6 Å². The zero-order chi connectivity index (χ0) is 21.7. The average Bonchev–Trinajstić information content (AvgIpc) is 3.33. The van der Waals surface area contributed by atoms with E-state index in [-0.39, 0.29) is 11.7 Å². The monoisotopic (exact) mass is 427 g/mol. The molecule has 1 saturated carbocycles. The number of hydrogen-bond donors (Lipinski definition) is 0. The minimum atomic E-state index is -0.357. The topological polar surface area (TPSA) is 38.8 Å². The molecule has 1 saturated heterocycles. The molecule has 2 atom stereocenters. The lowest BCUT2D eigenvalue weighted by molar-refractivity contribution is 0.0274. The van der Waals surface area contributed by atoms with Crippen molar-refractivity contribution in [1.82, 2.24) is 4.90 Å². The first kappa shape index (κ1) is 22.5. The summed E-state index contributed by atoms with van der Waals surface area (Å²) >= 11 is 1.76. The van der Waals surface area contributed by atoms with Crippen LogP contribution in [0.2, 0.25) is 0 Å². The Morgan fingerprint density at radius 2 is 1.53 bits per heavy atom. The van der Waals surface area contributed by atoms with Gasteiger partial charge in [0.2, 0.25) is 0 Å². The summed E-state index contributed by atoms with van der Waals surface area (Å²) < 4.78 is 10.7. The third kappa shape index (κ3) is 6.43. The Labute approximate surface area is 184 Å². The largest absolute Gasteiger partial charge is 0.494 e. The molecule has 2 unspecified atom stereocenters. The second kappa shape index (κ2) is 9.78. The Kier molecular flexibility index (Phi) is 7.35. The van der Waals surface area contributed by atoms with Gasteiger partial charge in [0.25, 0.3) is 0 Å². The Morgan fingerprint density at radius 3 is 2.00 bits per heavy atom. The standard InChI is InChI=1S/C15H16OS.C10H17NO2/c1-3-16-14-8-4-12(5-9-14)13-6-10-15(17-2)11-7-13;1-10(2,3)13-9(12)11-5-7-4-8(7)6-11/h4-11H,3H2,1-2H3;7-8H,4-6H2,1-3H3. The summed E-state index contributed by atoms with van der Waals surface area (Å²) in [5.41, 5.74) is 2.11. The fourth-order valence-corrected chi connectivity index (χ4v) is 3.98. The van der Waals surface area contributed by atoms with E-state index in [1.165, 1.54) is 22.4 Å². The molecule has 0 bridgehead atoms. The summed E-state index contributed by atoms with van der Waals surface area (Å²) in [5.74, 6) is 2.50. The van der Waals surface area contributed by atoms with Crippen molar-refractivity contribution in [3.63, 3.8) is 0 Å². The van der Waals surface area contributed by atoms with E-state index in [1.54, 1.807) is 11.8 Å². The first-order chi connectivity index (χ1) is 14.3. The van der Waals surface area contributed by atoms with Crippen molar-refractivity contribution < 1.29 is 14.3 Å². The molecule has 2 aromatic rings. The highest BCUT2D eigenvalue weighted by Gasteiger charge is 2.47. The molecule has 1 amide bonds. The van der Waals surface area contributed by atoms with Crippen molar-refractivity contribution in [3.05, 3.63) is 48.5 Å². The van der Waals surface area contributed by atoms with Gasteiger partial charge in [0, 0.05) is 18.0 Å². The number of piperidine rings is 1. The molecule has 30 heavy (non-hydrogen) atoms. The number of hydrogen-bond acceptors (Lipinski definition) is 4. The number of nitrogens with zero attached hydrogens (tertiary/aromatic N) is 1. The predicted molar refractivity (Wildman–Crippen MR) is 124 cm³/mol. The molecule has 0 spiro atoms. The van der Waals surface area contributed by atoms with Gasteiger partial charge in [-0.1, -0.05) is 24.3 Å². The van der Waals surface area contributed by atoms with Crippen LogP contribution in [0.5, 0.6) is 5.75 Å². The van der Waals surface area contributed by atoms with E-state index in [0.29, 0.717) is 6.61 Å².